The van der Waals surface area contributed by atoms with Crippen LogP contribution in [0.1, 0.15) is 15.9 Å². The molecule has 0 spiro atoms. The highest BCUT2D eigenvalue weighted by molar-refractivity contribution is 7.98. The molecule has 3 rings (SSSR count). The third-order valence-electron chi connectivity index (χ3n) is 3.68. The van der Waals surface area contributed by atoms with E-state index >= 15 is 0 Å². The van der Waals surface area contributed by atoms with Crippen molar-refractivity contribution >= 4 is 17.7 Å². The molecular formula is C19H15FO4S. The van der Waals surface area contributed by atoms with Crippen LogP contribution in [0.25, 0.3) is 11.1 Å². The van der Waals surface area contributed by atoms with Gasteiger partial charge in [0.2, 0.25) is 0 Å². The van der Waals surface area contributed by atoms with E-state index in [0.29, 0.717) is 16.9 Å². The molecule has 0 saturated heterocycles. The number of thioether (sulfide) groups is 1. The summed E-state index contributed by atoms with van der Waals surface area (Å²) >= 11 is 1.36. The van der Waals surface area contributed by atoms with Gasteiger partial charge in [-0.05, 0) is 29.8 Å². The minimum atomic E-state index is -1.07. The summed E-state index contributed by atoms with van der Waals surface area (Å²) in [5, 5.41) is 9.67. The molecule has 0 bridgehead atoms. The molecule has 0 fully saturated rings. The topological polar surface area (TPSA) is 59.7 Å². The van der Waals surface area contributed by atoms with E-state index in [9.17, 15) is 14.3 Å². The van der Waals surface area contributed by atoms with Gasteiger partial charge in [0.1, 0.15) is 17.1 Å². The number of carboxylic acid groups (broad SMARTS) is 1. The SMILES string of the molecule is COc1c(-c2ccoc2)ccc(CSc2cccc(F)c2)c1C(=O)O. The molecular weight excluding hydrogens is 343 g/mol. The second kappa shape index (κ2) is 7.44. The number of aromatic carboxylic acids is 1. The molecule has 25 heavy (non-hydrogen) atoms. The van der Waals surface area contributed by atoms with Crippen LogP contribution in [0, 0.1) is 5.82 Å². The lowest BCUT2D eigenvalue weighted by Crippen LogP contribution is -2.06. The predicted octanol–water partition coefficient (Wildman–Crippen LogP) is 5.08. The first kappa shape index (κ1) is 17.1. The van der Waals surface area contributed by atoms with E-state index in [0.717, 1.165) is 10.5 Å². The fourth-order valence-electron chi connectivity index (χ4n) is 2.55. The third-order valence-corrected chi connectivity index (χ3v) is 4.73. The average Bonchev–Trinajstić information content (AvgIpc) is 3.13. The summed E-state index contributed by atoms with van der Waals surface area (Å²) in [7, 11) is 1.44. The normalized spacial score (nSPS) is 10.6. The van der Waals surface area contributed by atoms with Gasteiger partial charge in [0, 0.05) is 21.8 Å². The van der Waals surface area contributed by atoms with Gasteiger partial charge in [-0.2, -0.15) is 0 Å². The van der Waals surface area contributed by atoms with Crippen molar-refractivity contribution in [2.75, 3.05) is 7.11 Å². The molecule has 3 aromatic rings. The summed E-state index contributed by atoms with van der Waals surface area (Å²) < 4.78 is 23.7. The fraction of sp³-hybridized carbons (Fsp3) is 0.105. The highest BCUT2D eigenvalue weighted by Crippen LogP contribution is 2.37. The number of halogens is 1. The molecule has 4 nitrogen and oxygen atoms in total. The molecule has 0 unspecified atom stereocenters. The van der Waals surface area contributed by atoms with Crippen LogP contribution in [0.15, 0.2) is 64.3 Å². The quantitative estimate of drug-likeness (QED) is 0.622. The predicted molar refractivity (Wildman–Crippen MR) is 93.6 cm³/mol. The van der Waals surface area contributed by atoms with Gasteiger partial charge >= 0.3 is 5.97 Å². The number of rotatable bonds is 6. The lowest BCUT2D eigenvalue weighted by molar-refractivity contribution is 0.0692. The van der Waals surface area contributed by atoms with Gasteiger partial charge in [-0.15, -0.1) is 11.8 Å². The van der Waals surface area contributed by atoms with Gasteiger partial charge < -0.3 is 14.3 Å². The molecule has 2 aromatic carbocycles. The Balaban J connectivity index is 1.97. The molecule has 0 atom stereocenters. The van der Waals surface area contributed by atoms with Crippen LogP contribution < -0.4 is 4.74 Å². The number of methoxy groups -OCH3 is 1. The average molecular weight is 358 g/mol. The van der Waals surface area contributed by atoms with Gasteiger partial charge in [-0.25, -0.2) is 9.18 Å². The van der Waals surface area contributed by atoms with Crippen LogP contribution in [0.2, 0.25) is 0 Å². The van der Waals surface area contributed by atoms with Gasteiger partial charge in [0.15, 0.2) is 0 Å². The highest BCUT2D eigenvalue weighted by atomic mass is 32.2. The van der Waals surface area contributed by atoms with Gasteiger partial charge in [-0.3, -0.25) is 0 Å². The molecule has 0 radical (unpaired) electrons. The van der Waals surface area contributed by atoms with Crippen molar-refractivity contribution in [2.24, 2.45) is 0 Å². The summed E-state index contributed by atoms with van der Waals surface area (Å²) in [5.74, 6) is -0.729. The van der Waals surface area contributed by atoms with Crippen LogP contribution >= 0.6 is 11.8 Å². The van der Waals surface area contributed by atoms with E-state index < -0.39 is 5.97 Å². The van der Waals surface area contributed by atoms with E-state index in [4.69, 9.17) is 9.15 Å². The second-order valence-corrected chi connectivity index (χ2v) is 6.29. The molecule has 1 aromatic heterocycles. The Kier molecular flexibility index (Phi) is 5.09. The second-order valence-electron chi connectivity index (χ2n) is 5.24. The number of hydrogen-bond donors (Lipinski definition) is 1. The molecule has 0 aliphatic heterocycles. The largest absolute Gasteiger partial charge is 0.495 e. The molecule has 1 heterocycles. The smallest absolute Gasteiger partial charge is 0.339 e. The van der Waals surface area contributed by atoms with E-state index in [-0.39, 0.29) is 17.1 Å². The number of carbonyl (C=O) groups is 1. The van der Waals surface area contributed by atoms with Crippen molar-refractivity contribution in [2.45, 2.75) is 10.6 Å². The molecule has 1 N–H and O–H groups in total. The van der Waals surface area contributed by atoms with Crippen molar-refractivity contribution < 1.29 is 23.4 Å². The van der Waals surface area contributed by atoms with Crippen molar-refractivity contribution in [1.29, 1.82) is 0 Å². The molecule has 6 heteroatoms. The first-order valence-corrected chi connectivity index (χ1v) is 8.43. The van der Waals surface area contributed by atoms with Crippen molar-refractivity contribution in [3.63, 3.8) is 0 Å². The van der Waals surface area contributed by atoms with Gasteiger partial charge in [0.05, 0.1) is 19.6 Å². The zero-order valence-electron chi connectivity index (χ0n) is 13.4. The summed E-state index contributed by atoms with van der Waals surface area (Å²) in [4.78, 5) is 12.5. The van der Waals surface area contributed by atoms with Crippen LogP contribution in [-0.2, 0) is 5.75 Å². The number of hydrogen-bond acceptors (Lipinski definition) is 4. The third kappa shape index (κ3) is 3.69. The Hall–Kier alpha value is -2.73. The van der Waals surface area contributed by atoms with E-state index in [1.165, 1.54) is 43.5 Å². The lowest BCUT2D eigenvalue weighted by Gasteiger charge is -2.14. The Morgan fingerprint density at radius 2 is 2.12 bits per heavy atom. The minimum absolute atomic E-state index is 0.102. The Morgan fingerprint density at radius 1 is 1.28 bits per heavy atom. The van der Waals surface area contributed by atoms with Crippen molar-refractivity contribution in [3.8, 4) is 16.9 Å². The standard InChI is InChI=1S/C19H15FO4S/c1-23-18-16(12-7-8-24-10-12)6-5-13(17(18)19(21)22)11-25-15-4-2-3-14(20)9-15/h2-10H,11H2,1H3,(H,21,22). The Morgan fingerprint density at radius 3 is 2.76 bits per heavy atom. The monoisotopic (exact) mass is 358 g/mol. The zero-order valence-corrected chi connectivity index (χ0v) is 14.2. The molecule has 0 amide bonds. The maximum Gasteiger partial charge on any atom is 0.339 e. The molecule has 0 aliphatic carbocycles. The van der Waals surface area contributed by atoms with Crippen LogP contribution in [-0.4, -0.2) is 18.2 Å². The molecule has 0 saturated carbocycles. The summed E-state index contributed by atoms with van der Waals surface area (Å²) in [6.45, 7) is 0. The van der Waals surface area contributed by atoms with Crippen LogP contribution in [0.4, 0.5) is 4.39 Å². The molecule has 128 valence electrons. The van der Waals surface area contributed by atoms with Crippen molar-refractivity contribution in [1.82, 2.24) is 0 Å². The van der Waals surface area contributed by atoms with Crippen LogP contribution in [0.5, 0.6) is 5.75 Å². The zero-order chi connectivity index (χ0) is 17.8. The Bertz CT molecular complexity index is 890. The molecule has 0 aliphatic rings. The Labute approximate surface area is 148 Å². The number of carboxylic acids is 1. The first-order chi connectivity index (χ1) is 12.1. The van der Waals surface area contributed by atoms with Crippen LogP contribution in [0.3, 0.4) is 0 Å². The summed E-state index contributed by atoms with van der Waals surface area (Å²) in [6, 6.07) is 11.5. The summed E-state index contributed by atoms with van der Waals surface area (Å²) in [6.07, 6.45) is 3.05. The van der Waals surface area contributed by atoms with Gasteiger partial charge in [0.25, 0.3) is 0 Å². The van der Waals surface area contributed by atoms with E-state index in [1.54, 1.807) is 30.3 Å². The minimum Gasteiger partial charge on any atom is -0.495 e. The number of furan rings is 1. The van der Waals surface area contributed by atoms with E-state index in [1.807, 2.05) is 0 Å². The van der Waals surface area contributed by atoms with Crippen molar-refractivity contribution in [3.05, 3.63) is 71.9 Å². The fourth-order valence-corrected chi connectivity index (χ4v) is 3.49. The lowest BCUT2D eigenvalue weighted by atomic mass is 9.99. The highest BCUT2D eigenvalue weighted by Gasteiger charge is 2.21. The summed E-state index contributed by atoms with van der Waals surface area (Å²) in [5.41, 5.74) is 2.09. The maximum atomic E-state index is 13.3. The maximum absolute atomic E-state index is 13.3. The number of ether oxygens (including phenoxy) is 1. The van der Waals surface area contributed by atoms with Gasteiger partial charge in [-0.1, -0.05) is 18.2 Å². The first-order valence-electron chi connectivity index (χ1n) is 7.44. The van der Waals surface area contributed by atoms with E-state index in [2.05, 4.69) is 0 Å². The number of benzene rings is 2.